The highest BCUT2D eigenvalue weighted by atomic mass is 32.2. The fourth-order valence-corrected chi connectivity index (χ4v) is 3.41. The van der Waals surface area contributed by atoms with Gasteiger partial charge in [0.25, 0.3) is 0 Å². The smallest absolute Gasteiger partial charge is 0.301 e. The van der Waals surface area contributed by atoms with Crippen LogP contribution in [0.3, 0.4) is 0 Å². The first-order valence-corrected chi connectivity index (χ1v) is 8.03. The predicted octanol–water partition coefficient (Wildman–Crippen LogP) is 1.17. The van der Waals surface area contributed by atoms with Crippen LogP contribution in [-0.4, -0.2) is 37.5 Å². The molecule has 6 heteroatoms. The number of anilines is 1. The highest BCUT2D eigenvalue weighted by Gasteiger charge is 2.23. The molecule has 2 rings (SSSR count). The molecule has 0 spiro atoms. The summed E-state index contributed by atoms with van der Waals surface area (Å²) in [6.45, 7) is 0.919. The van der Waals surface area contributed by atoms with Crippen LogP contribution < -0.4 is 4.72 Å². The minimum atomic E-state index is -3.49. The van der Waals surface area contributed by atoms with Gasteiger partial charge >= 0.3 is 10.2 Å². The van der Waals surface area contributed by atoms with Crippen LogP contribution in [0.2, 0.25) is 0 Å². The largest absolute Gasteiger partial charge is 0.384 e. The van der Waals surface area contributed by atoms with Crippen molar-refractivity contribution < 1.29 is 13.5 Å². The normalized spacial score (nSPS) is 16.2. The van der Waals surface area contributed by atoms with E-state index in [0.29, 0.717) is 24.3 Å². The topological polar surface area (TPSA) is 69.6 Å². The Hall–Kier alpha value is -1.55. The molecule has 0 aliphatic carbocycles. The number of benzene rings is 1. The van der Waals surface area contributed by atoms with E-state index in [1.54, 1.807) is 24.3 Å². The van der Waals surface area contributed by atoms with Gasteiger partial charge in [-0.15, -0.1) is 0 Å². The molecule has 0 amide bonds. The highest BCUT2D eigenvalue weighted by molar-refractivity contribution is 7.90. The quantitative estimate of drug-likeness (QED) is 0.822. The summed E-state index contributed by atoms with van der Waals surface area (Å²) in [6.07, 6.45) is 2.89. The fourth-order valence-electron chi connectivity index (χ4n) is 2.12. The van der Waals surface area contributed by atoms with Crippen molar-refractivity contribution in [1.82, 2.24) is 4.31 Å². The third-order valence-electron chi connectivity index (χ3n) is 3.08. The fraction of sp³-hybridized carbons (Fsp3) is 0.429. The lowest BCUT2D eigenvalue weighted by atomic mass is 10.2. The molecule has 1 aromatic carbocycles. The summed E-state index contributed by atoms with van der Waals surface area (Å²) < 4.78 is 28.5. The Morgan fingerprint density at radius 1 is 1.25 bits per heavy atom. The highest BCUT2D eigenvalue weighted by Crippen LogP contribution is 2.17. The molecule has 0 radical (unpaired) electrons. The second-order valence-corrected chi connectivity index (χ2v) is 6.28. The maximum Gasteiger partial charge on any atom is 0.301 e. The van der Waals surface area contributed by atoms with Crippen LogP contribution in [0.4, 0.5) is 5.69 Å². The number of hydrogen-bond donors (Lipinski definition) is 2. The Bertz CT molecular complexity index is 611. The molecule has 1 heterocycles. The summed E-state index contributed by atoms with van der Waals surface area (Å²) in [5.74, 6) is 5.29. The Morgan fingerprint density at radius 2 is 2.00 bits per heavy atom. The average Bonchev–Trinajstić information content (AvgIpc) is 2.46. The van der Waals surface area contributed by atoms with Gasteiger partial charge in [-0.25, -0.2) is 0 Å². The van der Waals surface area contributed by atoms with Crippen molar-refractivity contribution in [3.05, 3.63) is 29.8 Å². The molecule has 1 aliphatic heterocycles. The zero-order valence-corrected chi connectivity index (χ0v) is 12.0. The molecule has 0 unspecified atom stereocenters. The molecule has 1 saturated heterocycles. The van der Waals surface area contributed by atoms with Gasteiger partial charge in [0.05, 0.1) is 5.69 Å². The van der Waals surface area contributed by atoms with Gasteiger partial charge in [0.2, 0.25) is 0 Å². The molecular formula is C14H18N2O3S. The first-order valence-electron chi connectivity index (χ1n) is 6.59. The summed E-state index contributed by atoms with van der Waals surface area (Å²) in [4.78, 5) is 0. The first kappa shape index (κ1) is 14.9. The molecule has 0 bridgehead atoms. The van der Waals surface area contributed by atoms with E-state index in [1.165, 1.54) is 4.31 Å². The Morgan fingerprint density at radius 3 is 2.70 bits per heavy atom. The number of piperidine rings is 1. The maximum atomic E-state index is 12.2. The lowest BCUT2D eigenvalue weighted by Gasteiger charge is -2.26. The number of nitrogens with one attached hydrogen (secondary N) is 1. The average molecular weight is 294 g/mol. The van der Waals surface area contributed by atoms with Gasteiger partial charge in [-0.1, -0.05) is 24.3 Å². The maximum absolute atomic E-state index is 12.2. The van der Waals surface area contributed by atoms with Gasteiger partial charge in [0.15, 0.2) is 0 Å². The number of aliphatic hydroxyl groups is 1. The lowest BCUT2D eigenvalue weighted by Crippen LogP contribution is -2.39. The van der Waals surface area contributed by atoms with Crippen LogP contribution in [-0.2, 0) is 10.2 Å². The standard InChI is InChI=1S/C14H18N2O3S/c17-11-5-7-13-6-4-8-14(12-13)15-20(18,19)16-9-2-1-3-10-16/h4,6,8,12,15,17H,1-3,9-11H2. The van der Waals surface area contributed by atoms with Crippen molar-refractivity contribution in [3.63, 3.8) is 0 Å². The molecule has 108 valence electrons. The SMILES string of the molecule is O=S(=O)(Nc1cccc(C#CCO)c1)N1CCCCC1. The zero-order valence-electron chi connectivity index (χ0n) is 11.2. The van der Waals surface area contributed by atoms with Crippen molar-refractivity contribution in [1.29, 1.82) is 0 Å². The van der Waals surface area contributed by atoms with Crippen LogP contribution in [0, 0.1) is 11.8 Å². The summed E-state index contributed by atoms with van der Waals surface area (Å²) in [6, 6.07) is 6.84. The molecule has 1 fully saturated rings. The Labute approximate surface area is 119 Å². The number of aliphatic hydroxyl groups excluding tert-OH is 1. The summed E-state index contributed by atoms with van der Waals surface area (Å²) in [5, 5.41) is 8.66. The Balaban J connectivity index is 2.12. The van der Waals surface area contributed by atoms with E-state index in [1.807, 2.05) is 0 Å². The van der Waals surface area contributed by atoms with Crippen molar-refractivity contribution in [2.45, 2.75) is 19.3 Å². The molecule has 5 nitrogen and oxygen atoms in total. The van der Waals surface area contributed by atoms with E-state index in [-0.39, 0.29) is 6.61 Å². The van der Waals surface area contributed by atoms with E-state index in [9.17, 15) is 8.42 Å². The first-order chi connectivity index (χ1) is 9.62. The lowest BCUT2D eigenvalue weighted by molar-refractivity contribution is 0.349. The van der Waals surface area contributed by atoms with Gasteiger partial charge < -0.3 is 5.11 Å². The van der Waals surface area contributed by atoms with Gasteiger partial charge in [-0.05, 0) is 31.0 Å². The van der Waals surface area contributed by atoms with Gasteiger partial charge in [0, 0.05) is 18.7 Å². The monoisotopic (exact) mass is 294 g/mol. The molecule has 2 N–H and O–H groups in total. The second-order valence-electron chi connectivity index (χ2n) is 4.61. The van der Waals surface area contributed by atoms with E-state index in [2.05, 4.69) is 16.6 Å². The number of hydrogen-bond acceptors (Lipinski definition) is 3. The molecule has 1 aliphatic rings. The van der Waals surface area contributed by atoms with Crippen LogP contribution in [0.25, 0.3) is 0 Å². The summed E-state index contributed by atoms with van der Waals surface area (Å²) >= 11 is 0. The molecule has 20 heavy (non-hydrogen) atoms. The van der Waals surface area contributed by atoms with Crippen molar-refractivity contribution in [2.75, 3.05) is 24.4 Å². The van der Waals surface area contributed by atoms with Gasteiger partial charge in [-0.2, -0.15) is 12.7 Å². The number of nitrogens with zero attached hydrogens (tertiary/aromatic N) is 1. The van der Waals surface area contributed by atoms with Crippen LogP contribution in [0.5, 0.6) is 0 Å². The third-order valence-corrected chi connectivity index (χ3v) is 4.61. The molecule has 0 aromatic heterocycles. The second kappa shape index (κ2) is 6.75. The summed E-state index contributed by atoms with van der Waals surface area (Å²) in [5.41, 5.74) is 1.15. The van der Waals surface area contributed by atoms with Gasteiger partial charge in [0.1, 0.15) is 6.61 Å². The molecule has 0 atom stereocenters. The van der Waals surface area contributed by atoms with Crippen molar-refractivity contribution in [3.8, 4) is 11.8 Å². The van der Waals surface area contributed by atoms with E-state index in [0.717, 1.165) is 19.3 Å². The number of rotatable bonds is 3. The van der Waals surface area contributed by atoms with Gasteiger partial charge in [-0.3, -0.25) is 4.72 Å². The van der Waals surface area contributed by atoms with Crippen molar-refractivity contribution in [2.24, 2.45) is 0 Å². The van der Waals surface area contributed by atoms with E-state index >= 15 is 0 Å². The van der Waals surface area contributed by atoms with E-state index in [4.69, 9.17) is 5.11 Å². The minimum absolute atomic E-state index is 0.219. The van der Waals surface area contributed by atoms with Crippen molar-refractivity contribution >= 4 is 15.9 Å². The minimum Gasteiger partial charge on any atom is -0.384 e. The summed E-state index contributed by atoms with van der Waals surface area (Å²) in [7, 11) is -3.49. The van der Waals surface area contributed by atoms with Crippen LogP contribution >= 0.6 is 0 Å². The van der Waals surface area contributed by atoms with Crippen LogP contribution in [0.15, 0.2) is 24.3 Å². The van der Waals surface area contributed by atoms with E-state index < -0.39 is 10.2 Å². The molecule has 0 saturated carbocycles. The third kappa shape index (κ3) is 3.97. The zero-order chi connectivity index (χ0) is 14.4. The molecular weight excluding hydrogens is 276 g/mol. The Kier molecular flexibility index (Phi) is 5.01. The molecule has 1 aromatic rings. The van der Waals surface area contributed by atoms with Crippen LogP contribution in [0.1, 0.15) is 24.8 Å². The predicted molar refractivity (Wildman–Crippen MR) is 78.4 cm³/mol.